The number of rotatable bonds is 5. The van der Waals surface area contributed by atoms with Gasteiger partial charge in [0.15, 0.2) is 5.65 Å². The van der Waals surface area contributed by atoms with Gasteiger partial charge in [-0.25, -0.2) is 4.52 Å². The van der Waals surface area contributed by atoms with Crippen LogP contribution < -0.4 is 10.1 Å². The van der Waals surface area contributed by atoms with E-state index in [0.717, 1.165) is 31.6 Å². The van der Waals surface area contributed by atoms with E-state index in [9.17, 15) is 4.79 Å². The minimum Gasteiger partial charge on any atom is -0.474 e. The molecule has 23 heavy (non-hydrogen) atoms. The van der Waals surface area contributed by atoms with Gasteiger partial charge in [-0.2, -0.15) is 10.1 Å². The van der Waals surface area contributed by atoms with Gasteiger partial charge in [0.25, 0.3) is 0 Å². The van der Waals surface area contributed by atoms with Gasteiger partial charge in [-0.1, -0.05) is 0 Å². The second kappa shape index (κ2) is 6.95. The number of amides is 1. The summed E-state index contributed by atoms with van der Waals surface area (Å²) >= 11 is 0. The third-order valence-corrected chi connectivity index (χ3v) is 3.87. The van der Waals surface area contributed by atoms with Crippen molar-refractivity contribution >= 4 is 11.6 Å². The quantitative estimate of drug-likeness (QED) is 0.894. The van der Waals surface area contributed by atoms with Crippen molar-refractivity contribution < 1.29 is 9.53 Å². The van der Waals surface area contributed by atoms with Crippen LogP contribution in [0, 0.1) is 0 Å². The van der Waals surface area contributed by atoms with E-state index in [2.05, 4.69) is 20.3 Å². The normalized spacial score (nSPS) is 16.8. The zero-order chi connectivity index (χ0) is 16.2. The van der Waals surface area contributed by atoms with Crippen LogP contribution in [0.4, 0.5) is 0 Å². The van der Waals surface area contributed by atoms with Crippen LogP contribution in [0.25, 0.3) is 5.65 Å². The van der Waals surface area contributed by atoms with Crippen LogP contribution >= 0.6 is 0 Å². The fraction of sp³-hybridized carbons (Fsp3) is 0.562. The molecule has 1 fully saturated rings. The van der Waals surface area contributed by atoms with Crippen LogP contribution in [-0.4, -0.2) is 57.2 Å². The van der Waals surface area contributed by atoms with E-state index < -0.39 is 0 Å². The van der Waals surface area contributed by atoms with E-state index in [1.807, 2.05) is 32.2 Å². The molecule has 7 nitrogen and oxygen atoms in total. The van der Waals surface area contributed by atoms with E-state index in [1.54, 1.807) is 10.7 Å². The zero-order valence-corrected chi connectivity index (χ0v) is 13.6. The number of fused-ring (bicyclic) bond motifs is 1. The Morgan fingerprint density at radius 1 is 1.39 bits per heavy atom. The first-order valence-corrected chi connectivity index (χ1v) is 8.09. The Morgan fingerprint density at radius 3 is 2.91 bits per heavy atom. The predicted octanol–water partition coefficient (Wildman–Crippen LogP) is 1.10. The molecule has 2 aromatic rings. The summed E-state index contributed by atoms with van der Waals surface area (Å²) in [7, 11) is 0. The SMILES string of the molecule is CC(C)NC(=O)CN1CCC(Oc2ccn3nccc3n2)CC1. The Hall–Kier alpha value is -2.15. The van der Waals surface area contributed by atoms with Gasteiger partial charge in [0.05, 0.1) is 12.7 Å². The molecule has 1 aliphatic heterocycles. The highest BCUT2D eigenvalue weighted by molar-refractivity contribution is 5.78. The van der Waals surface area contributed by atoms with Crippen molar-refractivity contribution in [3.8, 4) is 5.88 Å². The monoisotopic (exact) mass is 317 g/mol. The van der Waals surface area contributed by atoms with Gasteiger partial charge in [0, 0.05) is 37.5 Å². The summed E-state index contributed by atoms with van der Waals surface area (Å²) in [6.07, 6.45) is 5.52. The first kappa shape index (κ1) is 15.7. The number of hydrogen-bond donors (Lipinski definition) is 1. The summed E-state index contributed by atoms with van der Waals surface area (Å²) in [5.41, 5.74) is 0.783. The van der Waals surface area contributed by atoms with Crippen LogP contribution in [0.3, 0.4) is 0 Å². The minimum atomic E-state index is 0.0900. The van der Waals surface area contributed by atoms with Crippen molar-refractivity contribution in [2.24, 2.45) is 0 Å². The molecule has 0 spiro atoms. The third-order valence-electron chi connectivity index (χ3n) is 3.87. The molecule has 1 aliphatic rings. The molecular formula is C16H23N5O2. The van der Waals surface area contributed by atoms with E-state index in [-0.39, 0.29) is 18.1 Å². The van der Waals surface area contributed by atoms with Crippen molar-refractivity contribution in [1.29, 1.82) is 0 Å². The van der Waals surface area contributed by atoms with Crippen LogP contribution in [0.1, 0.15) is 26.7 Å². The molecule has 0 saturated carbocycles. The van der Waals surface area contributed by atoms with E-state index >= 15 is 0 Å². The van der Waals surface area contributed by atoms with Gasteiger partial charge in [0.2, 0.25) is 11.8 Å². The fourth-order valence-electron chi connectivity index (χ4n) is 2.79. The number of nitrogens with one attached hydrogen (secondary N) is 1. The van der Waals surface area contributed by atoms with Gasteiger partial charge in [-0.05, 0) is 26.7 Å². The molecule has 3 rings (SSSR count). The van der Waals surface area contributed by atoms with E-state index in [1.165, 1.54) is 0 Å². The summed E-state index contributed by atoms with van der Waals surface area (Å²) in [6.45, 7) is 6.14. The highest BCUT2D eigenvalue weighted by Crippen LogP contribution is 2.17. The van der Waals surface area contributed by atoms with Gasteiger partial charge in [0.1, 0.15) is 6.10 Å². The molecular weight excluding hydrogens is 294 g/mol. The summed E-state index contributed by atoms with van der Waals surface area (Å²) in [6, 6.07) is 3.87. The van der Waals surface area contributed by atoms with E-state index in [0.29, 0.717) is 12.4 Å². The largest absolute Gasteiger partial charge is 0.474 e. The first-order chi connectivity index (χ1) is 11.1. The second-order valence-electron chi connectivity index (χ2n) is 6.22. The van der Waals surface area contributed by atoms with Gasteiger partial charge in [-0.3, -0.25) is 9.69 Å². The molecule has 1 saturated heterocycles. The number of nitrogens with zero attached hydrogens (tertiary/aromatic N) is 4. The lowest BCUT2D eigenvalue weighted by Gasteiger charge is -2.31. The topological polar surface area (TPSA) is 71.8 Å². The summed E-state index contributed by atoms with van der Waals surface area (Å²) in [5.74, 6) is 0.723. The molecule has 124 valence electrons. The number of hydrogen-bond acceptors (Lipinski definition) is 5. The van der Waals surface area contributed by atoms with Crippen molar-refractivity contribution in [2.75, 3.05) is 19.6 Å². The molecule has 0 aliphatic carbocycles. The lowest BCUT2D eigenvalue weighted by molar-refractivity contribution is -0.123. The Balaban J connectivity index is 1.48. The van der Waals surface area contributed by atoms with Gasteiger partial charge >= 0.3 is 0 Å². The number of likely N-dealkylation sites (tertiary alicyclic amines) is 1. The minimum absolute atomic E-state index is 0.0900. The fourth-order valence-corrected chi connectivity index (χ4v) is 2.79. The molecule has 1 amide bonds. The van der Waals surface area contributed by atoms with Crippen LogP contribution in [0.15, 0.2) is 24.5 Å². The molecule has 0 bridgehead atoms. The summed E-state index contributed by atoms with van der Waals surface area (Å²) in [4.78, 5) is 18.4. The van der Waals surface area contributed by atoms with Crippen LogP contribution in [0.2, 0.25) is 0 Å². The lowest BCUT2D eigenvalue weighted by atomic mass is 10.1. The van der Waals surface area contributed by atoms with Gasteiger partial charge < -0.3 is 10.1 Å². The van der Waals surface area contributed by atoms with Crippen molar-refractivity contribution in [2.45, 2.75) is 38.8 Å². The average molecular weight is 317 g/mol. The Morgan fingerprint density at radius 2 is 2.17 bits per heavy atom. The Bertz CT molecular complexity index is 661. The number of carbonyl (C=O) groups excluding carboxylic acids is 1. The van der Waals surface area contributed by atoms with Gasteiger partial charge in [-0.15, -0.1) is 0 Å². The summed E-state index contributed by atoms with van der Waals surface area (Å²) in [5, 5.41) is 7.04. The molecule has 2 aromatic heterocycles. The van der Waals surface area contributed by atoms with E-state index in [4.69, 9.17) is 4.74 Å². The molecule has 0 atom stereocenters. The average Bonchev–Trinajstić information content (AvgIpc) is 2.96. The molecule has 0 aromatic carbocycles. The maximum absolute atomic E-state index is 11.8. The Kier molecular flexibility index (Phi) is 4.76. The van der Waals surface area contributed by atoms with Crippen molar-refractivity contribution in [3.05, 3.63) is 24.5 Å². The number of carbonyl (C=O) groups is 1. The highest BCUT2D eigenvalue weighted by Gasteiger charge is 2.22. The van der Waals surface area contributed by atoms with Crippen molar-refractivity contribution in [3.63, 3.8) is 0 Å². The third kappa shape index (κ3) is 4.19. The zero-order valence-electron chi connectivity index (χ0n) is 13.6. The maximum atomic E-state index is 11.8. The second-order valence-corrected chi connectivity index (χ2v) is 6.22. The molecule has 0 unspecified atom stereocenters. The molecule has 1 N–H and O–H groups in total. The number of piperidine rings is 1. The summed E-state index contributed by atoms with van der Waals surface area (Å²) < 4.78 is 7.68. The predicted molar refractivity (Wildman–Crippen MR) is 86.4 cm³/mol. The molecule has 0 radical (unpaired) electrons. The maximum Gasteiger partial charge on any atom is 0.234 e. The smallest absolute Gasteiger partial charge is 0.234 e. The van der Waals surface area contributed by atoms with Crippen molar-refractivity contribution in [1.82, 2.24) is 24.8 Å². The Labute approximate surface area is 135 Å². The standard InChI is InChI=1S/C16H23N5O2/c1-12(2)18-15(22)11-20-8-4-13(5-9-20)23-16-6-10-21-14(19-16)3-7-17-21/h3,6-7,10,12-13H,4-5,8-9,11H2,1-2H3,(H,18,22). The highest BCUT2D eigenvalue weighted by atomic mass is 16.5. The first-order valence-electron chi connectivity index (χ1n) is 8.09. The number of ether oxygens (including phenoxy) is 1. The molecule has 7 heteroatoms. The number of aromatic nitrogens is 3. The van der Waals surface area contributed by atoms with Crippen LogP contribution in [0.5, 0.6) is 5.88 Å². The lowest BCUT2D eigenvalue weighted by Crippen LogP contribution is -2.45. The molecule has 3 heterocycles. The van der Waals surface area contributed by atoms with Crippen LogP contribution in [-0.2, 0) is 4.79 Å².